The number of piperidine rings is 1. The minimum absolute atomic E-state index is 0.0888. The van der Waals surface area contributed by atoms with Crippen LogP contribution in [0.4, 0.5) is 10.6 Å². The molecule has 0 radical (unpaired) electrons. The van der Waals surface area contributed by atoms with E-state index in [2.05, 4.69) is 22.2 Å². The monoisotopic (exact) mass is 377 g/mol. The van der Waals surface area contributed by atoms with Crippen LogP contribution in [-0.2, 0) is 4.74 Å². The van der Waals surface area contributed by atoms with E-state index in [9.17, 15) is 9.59 Å². The Morgan fingerprint density at radius 2 is 2.00 bits per heavy atom. The molecule has 1 aromatic rings. The van der Waals surface area contributed by atoms with Gasteiger partial charge in [-0.3, -0.25) is 4.79 Å². The van der Waals surface area contributed by atoms with Crippen LogP contribution in [0.15, 0.2) is 6.07 Å². The zero-order chi connectivity index (χ0) is 19.8. The van der Waals surface area contributed by atoms with Crippen LogP contribution in [0.5, 0.6) is 0 Å². The minimum atomic E-state index is -0.253. The van der Waals surface area contributed by atoms with Crippen molar-refractivity contribution in [3.05, 3.63) is 17.6 Å². The van der Waals surface area contributed by atoms with Crippen LogP contribution in [0.3, 0.4) is 0 Å². The van der Waals surface area contributed by atoms with Gasteiger partial charge in [-0.25, -0.2) is 14.8 Å². The van der Waals surface area contributed by atoms with E-state index in [0.717, 1.165) is 25.7 Å². The van der Waals surface area contributed by atoms with Crippen molar-refractivity contribution in [2.45, 2.75) is 52.5 Å². The molecule has 150 valence electrons. The van der Waals surface area contributed by atoms with E-state index in [-0.39, 0.29) is 18.0 Å². The van der Waals surface area contributed by atoms with Gasteiger partial charge in [-0.2, -0.15) is 0 Å². The Labute approximate surface area is 161 Å². The van der Waals surface area contributed by atoms with Gasteiger partial charge in [0.1, 0.15) is 17.3 Å². The van der Waals surface area contributed by atoms with E-state index in [1.165, 1.54) is 0 Å². The molecule has 0 aromatic carbocycles. The molecule has 2 amide bonds. The minimum Gasteiger partial charge on any atom is -0.450 e. The van der Waals surface area contributed by atoms with Crippen LogP contribution in [0.1, 0.15) is 55.8 Å². The number of carbonyl (C=O) groups is 2. The smallest absolute Gasteiger partial charge is 0.409 e. The van der Waals surface area contributed by atoms with E-state index >= 15 is 0 Å². The number of likely N-dealkylation sites (tertiary alicyclic amines) is 1. The standard InChI is InChI=1S/C19H31N5O3/c1-5-7-10-23(4)18(25)16-13-17(21-14(3)20-16)22-15-8-11-24(12-9-15)19(26)27-6-2/h13,15H,5-12H2,1-4H3,(H,20,21,22). The first-order chi connectivity index (χ1) is 12.9. The first-order valence-electron chi connectivity index (χ1n) is 9.74. The van der Waals surface area contributed by atoms with Crippen LogP contribution >= 0.6 is 0 Å². The third-order valence-electron chi connectivity index (χ3n) is 4.62. The number of nitrogens with one attached hydrogen (secondary N) is 1. The number of nitrogens with zero attached hydrogens (tertiary/aromatic N) is 4. The van der Waals surface area contributed by atoms with Crippen LogP contribution in [0.25, 0.3) is 0 Å². The maximum atomic E-state index is 12.6. The Morgan fingerprint density at radius 3 is 2.63 bits per heavy atom. The molecule has 1 aliphatic heterocycles. The summed E-state index contributed by atoms with van der Waals surface area (Å²) < 4.78 is 5.05. The largest absolute Gasteiger partial charge is 0.450 e. The predicted octanol–water partition coefficient (Wildman–Crippen LogP) is 2.69. The first kappa shape index (κ1) is 20.9. The average molecular weight is 377 g/mol. The van der Waals surface area contributed by atoms with Gasteiger partial charge in [-0.15, -0.1) is 0 Å². The lowest BCUT2D eigenvalue weighted by atomic mass is 10.1. The summed E-state index contributed by atoms with van der Waals surface area (Å²) in [4.78, 5) is 36.5. The van der Waals surface area contributed by atoms with Crippen molar-refractivity contribution in [3.63, 3.8) is 0 Å². The summed E-state index contributed by atoms with van der Waals surface area (Å²) in [5.74, 6) is 1.13. The second-order valence-corrected chi connectivity index (χ2v) is 6.87. The molecular weight excluding hydrogens is 346 g/mol. The normalized spacial score (nSPS) is 14.7. The van der Waals surface area contributed by atoms with Gasteiger partial charge < -0.3 is 19.9 Å². The number of hydrogen-bond acceptors (Lipinski definition) is 6. The van der Waals surface area contributed by atoms with Gasteiger partial charge in [-0.05, 0) is 33.1 Å². The zero-order valence-corrected chi connectivity index (χ0v) is 16.8. The summed E-state index contributed by atoms with van der Waals surface area (Å²) in [5.41, 5.74) is 0.410. The molecular formula is C19H31N5O3. The van der Waals surface area contributed by atoms with Crippen molar-refractivity contribution >= 4 is 17.8 Å². The molecule has 0 unspecified atom stereocenters. The van der Waals surface area contributed by atoms with Crippen LogP contribution in [-0.4, -0.2) is 71.1 Å². The molecule has 0 atom stereocenters. The molecule has 8 nitrogen and oxygen atoms in total. The number of amides is 2. The lowest BCUT2D eigenvalue weighted by Crippen LogP contribution is -2.42. The highest BCUT2D eigenvalue weighted by molar-refractivity contribution is 5.92. The van der Waals surface area contributed by atoms with Gasteiger partial charge in [0, 0.05) is 38.8 Å². The Morgan fingerprint density at radius 1 is 1.30 bits per heavy atom. The number of unbranched alkanes of at least 4 members (excludes halogenated alkanes) is 1. The van der Waals surface area contributed by atoms with E-state index in [1.54, 1.807) is 29.8 Å². The number of carbonyl (C=O) groups excluding carboxylic acids is 2. The SMILES string of the molecule is CCCCN(C)C(=O)c1cc(NC2CCN(C(=O)OCC)CC2)nc(C)n1. The van der Waals surface area contributed by atoms with Gasteiger partial charge in [-0.1, -0.05) is 13.3 Å². The summed E-state index contributed by atoms with van der Waals surface area (Å²) in [7, 11) is 1.80. The topological polar surface area (TPSA) is 87.7 Å². The summed E-state index contributed by atoms with van der Waals surface area (Å²) >= 11 is 0. The quantitative estimate of drug-likeness (QED) is 0.786. The highest BCUT2D eigenvalue weighted by Gasteiger charge is 2.24. The highest BCUT2D eigenvalue weighted by atomic mass is 16.6. The maximum Gasteiger partial charge on any atom is 0.409 e. The Kier molecular flexibility index (Phi) is 7.82. The molecule has 2 heterocycles. The van der Waals surface area contributed by atoms with Gasteiger partial charge in [0.25, 0.3) is 5.91 Å². The molecule has 1 aromatic heterocycles. The predicted molar refractivity (Wildman–Crippen MR) is 104 cm³/mol. The summed E-state index contributed by atoms with van der Waals surface area (Å²) in [6, 6.07) is 1.92. The molecule has 1 aliphatic rings. The Hall–Kier alpha value is -2.38. The number of aromatic nitrogens is 2. The van der Waals surface area contributed by atoms with Crippen molar-refractivity contribution in [3.8, 4) is 0 Å². The average Bonchev–Trinajstić information content (AvgIpc) is 2.65. The van der Waals surface area contributed by atoms with Crippen molar-refractivity contribution in [2.75, 3.05) is 38.6 Å². The molecule has 8 heteroatoms. The van der Waals surface area contributed by atoms with Crippen LogP contribution in [0.2, 0.25) is 0 Å². The Balaban J connectivity index is 1.96. The lowest BCUT2D eigenvalue weighted by Gasteiger charge is -2.31. The third-order valence-corrected chi connectivity index (χ3v) is 4.62. The van der Waals surface area contributed by atoms with Gasteiger partial charge in [0.15, 0.2) is 0 Å². The third kappa shape index (κ3) is 6.08. The molecule has 0 aliphatic carbocycles. The molecule has 1 N–H and O–H groups in total. The molecule has 0 spiro atoms. The summed E-state index contributed by atoms with van der Waals surface area (Å²) in [6.07, 6.45) is 3.37. The van der Waals surface area contributed by atoms with Crippen LogP contribution < -0.4 is 5.32 Å². The molecule has 0 bridgehead atoms. The number of anilines is 1. The number of hydrogen-bond donors (Lipinski definition) is 1. The fourth-order valence-electron chi connectivity index (χ4n) is 3.07. The molecule has 1 saturated heterocycles. The second-order valence-electron chi connectivity index (χ2n) is 6.87. The van der Waals surface area contributed by atoms with E-state index in [1.807, 2.05) is 6.92 Å². The molecule has 27 heavy (non-hydrogen) atoms. The lowest BCUT2D eigenvalue weighted by molar-refractivity contribution is 0.0786. The van der Waals surface area contributed by atoms with Crippen LogP contribution in [0, 0.1) is 6.92 Å². The van der Waals surface area contributed by atoms with Crippen molar-refractivity contribution in [1.29, 1.82) is 0 Å². The zero-order valence-electron chi connectivity index (χ0n) is 16.8. The first-order valence-corrected chi connectivity index (χ1v) is 9.74. The summed E-state index contributed by atoms with van der Waals surface area (Å²) in [6.45, 7) is 8.09. The van der Waals surface area contributed by atoms with E-state index < -0.39 is 0 Å². The van der Waals surface area contributed by atoms with Crippen molar-refractivity contribution < 1.29 is 14.3 Å². The second kappa shape index (κ2) is 10.1. The number of rotatable bonds is 7. The van der Waals surface area contributed by atoms with E-state index in [0.29, 0.717) is 43.6 Å². The van der Waals surface area contributed by atoms with Gasteiger partial charge >= 0.3 is 6.09 Å². The Bertz CT molecular complexity index is 644. The molecule has 0 saturated carbocycles. The van der Waals surface area contributed by atoms with Gasteiger partial charge in [0.05, 0.1) is 6.61 Å². The molecule has 2 rings (SSSR count). The fraction of sp³-hybridized carbons (Fsp3) is 0.684. The highest BCUT2D eigenvalue weighted by Crippen LogP contribution is 2.17. The van der Waals surface area contributed by atoms with Gasteiger partial charge in [0.2, 0.25) is 0 Å². The summed E-state index contributed by atoms with van der Waals surface area (Å²) in [5, 5.41) is 3.39. The molecule has 1 fully saturated rings. The maximum absolute atomic E-state index is 12.6. The van der Waals surface area contributed by atoms with Crippen molar-refractivity contribution in [1.82, 2.24) is 19.8 Å². The van der Waals surface area contributed by atoms with Crippen molar-refractivity contribution in [2.24, 2.45) is 0 Å². The number of aryl methyl sites for hydroxylation is 1. The van der Waals surface area contributed by atoms with E-state index in [4.69, 9.17) is 4.74 Å². The fourth-order valence-corrected chi connectivity index (χ4v) is 3.07. The number of ether oxygens (including phenoxy) is 1.